The van der Waals surface area contributed by atoms with Crippen molar-refractivity contribution in [3.63, 3.8) is 0 Å². The van der Waals surface area contributed by atoms with Gasteiger partial charge in [0, 0.05) is 47.0 Å². The second-order valence-corrected chi connectivity index (χ2v) is 7.06. The first-order valence-corrected chi connectivity index (χ1v) is 9.89. The summed E-state index contributed by atoms with van der Waals surface area (Å²) >= 11 is 2.23. The number of nitrogens with one attached hydrogen (secondary N) is 2. The van der Waals surface area contributed by atoms with E-state index in [-0.39, 0.29) is 22.9 Å². The number of nitrogens with zero attached hydrogens (tertiary/aromatic N) is 2. The normalized spacial score (nSPS) is 12.0. The van der Waals surface area contributed by atoms with Gasteiger partial charge in [0.25, 0.3) is 0 Å². The molecule has 0 aliphatic carbocycles. The van der Waals surface area contributed by atoms with Crippen LogP contribution in [-0.4, -0.2) is 25.9 Å². The molecule has 2 N–H and O–H groups in total. The van der Waals surface area contributed by atoms with E-state index in [0.717, 1.165) is 16.1 Å². The molecule has 0 aliphatic rings. The van der Waals surface area contributed by atoms with E-state index in [4.69, 9.17) is 0 Å². The third-order valence-electron chi connectivity index (χ3n) is 4.09. The highest BCUT2D eigenvalue weighted by atomic mass is 127. The van der Waals surface area contributed by atoms with Crippen LogP contribution >= 0.6 is 22.6 Å². The van der Waals surface area contributed by atoms with Gasteiger partial charge in [-0.15, -0.1) is 0 Å². The molecule has 1 unspecified atom stereocenters. The van der Waals surface area contributed by atoms with Crippen LogP contribution in [0.15, 0.2) is 41.3 Å². The predicted octanol–water partition coefficient (Wildman–Crippen LogP) is 4.19. The minimum absolute atomic E-state index is 0.0407. The first kappa shape index (κ1) is 20.3. The van der Waals surface area contributed by atoms with Gasteiger partial charge in [-0.3, -0.25) is 4.79 Å². The lowest BCUT2D eigenvalue weighted by molar-refractivity contribution is 0.496. The quantitative estimate of drug-likeness (QED) is 0.303. The van der Waals surface area contributed by atoms with Crippen molar-refractivity contribution in [3.05, 3.63) is 75.6 Å². The molecule has 0 bridgehead atoms. The Hall–Kier alpha value is -2.43. The summed E-state index contributed by atoms with van der Waals surface area (Å²) < 4.78 is 41.5. The van der Waals surface area contributed by atoms with Gasteiger partial charge in [-0.05, 0) is 24.6 Å². The standard InChI is InChI=1S/C19H16F3IN4O/c1-10-4-17(25-9-12(8-23)11-2-3-24-18(28)5-11)27-19(26-10)13-6-15(21)16(22)7-14(13)20/h2-7,12H,8-9H2,1H3,(H,24,28)(H,25,26,27). The van der Waals surface area contributed by atoms with Crippen LogP contribution in [0.3, 0.4) is 0 Å². The summed E-state index contributed by atoms with van der Waals surface area (Å²) in [5.41, 5.74) is 1.02. The Kier molecular flexibility index (Phi) is 6.32. The number of pyridine rings is 1. The predicted molar refractivity (Wildman–Crippen MR) is 109 cm³/mol. The van der Waals surface area contributed by atoms with E-state index in [1.54, 1.807) is 25.3 Å². The number of hydrogen-bond donors (Lipinski definition) is 2. The zero-order valence-corrected chi connectivity index (χ0v) is 16.9. The van der Waals surface area contributed by atoms with E-state index >= 15 is 0 Å². The molecule has 0 radical (unpaired) electrons. The average Bonchev–Trinajstić information content (AvgIpc) is 2.65. The zero-order valence-electron chi connectivity index (χ0n) is 14.8. The van der Waals surface area contributed by atoms with Gasteiger partial charge in [-0.25, -0.2) is 23.1 Å². The van der Waals surface area contributed by atoms with Crippen molar-refractivity contribution in [2.45, 2.75) is 12.8 Å². The third kappa shape index (κ3) is 4.70. The molecule has 0 saturated carbocycles. The SMILES string of the molecule is Cc1cc(NCC(CI)c2cc[nH]c(=O)c2)nc(-c2cc(F)c(F)cc2F)n1. The largest absolute Gasteiger partial charge is 0.369 e. The molecule has 3 rings (SSSR count). The van der Waals surface area contributed by atoms with Gasteiger partial charge in [0.1, 0.15) is 11.6 Å². The number of alkyl halides is 1. The Morgan fingerprint density at radius 1 is 1.11 bits per heavy atom. The summed E-state index contributed by atoms with van der Waals surface area (Å²) in [4.78, 5) is 22.5. The fraction of sp³-hybridized carbons (Fsp3) is 0.211. The molecule has 5 nitrogen and oxygen atoms in total. The summed E-state index contributed by atoms with van der Waals surface area (Å²) in [5, 5.41) is 3.15. The lowest BCUT2D eigenvalue weighted by atomic mass is 10.0. The molecule has 0 amide bonds. The van der Waals surface area contributed by atoms with E-state index in [0.29, 0.717) is 24.1 Å². The first-order chi connectivity index (χ1) is 13.4. The van der Waals surface area contributed by atoms with Gasteiger partial charge in [0.2, 0.25) is 5.56 Å². The average molecular weight is 500 g/mol. The Bertz CT molecular complexity index is 1060. The Balaban J connectivity index is 1.86. The fourth-order valence-corrected chi connectivity index (χ4v) is 3.50. The maximum atomic E-state index is 14.1. The second kappa shape index (κ2) is 8.72. The smallest absolute Gasteiger partial charge is 0.248 e. The molecule has 2 aromatic heterocycles. The summed E-state index contributed by atoms with van der Waals surface area (Å²) in [7, 11) is 0. The molecule has 1 atom stereocenters. The summed E-state index contributed by atoms with van der Waals surface area (Å²) in [6.45, 7) is 2.17. The Labute approximate surface area is 172 Å². The number of rotatable bonds is 6. The summed E-state index contributed by atoms with van der Waals surface area (Å²) in [5.74, 6) is -2.96. The molecule has 0 fully saturated rings. The van der Waals surface area contributed by atoms with Crippen molar-refractivity contribution in [1.82, 2.24) is 15.0 Å². The lowest BCUT2D eigenvalue weighted by Gasteiger charge is -2.16. The van der Waals surface area contributed by atoms with Crippen LogP contribution < -0.4 is 10.9 Å². The first-order valence-electron chi connectivity index (χ1n) is 8.36. The maximum Gasteiger partial charge on any atom is 0.248 e. The molecule has 28 heavy (non-hydrogen) atoms. The molecular formula is C19H16F3IN4O. The molecule has 0 spiro atoms. The molecular weight excluding hydrogens is 484 g/mol. The highest BCUT2D eigenvalue weighted by Crippen LogP contribution is 2.24. The highest BCUT2D eigenvalue weighted by Gasteiger charge is 2.16. The fourth-order valence-electron chi connectivity index (χ4n) is 2.68. The molecule has 0 aliphatic heterocycles. The Morgan fingerprint density at radius 3 is 2.57 bits per heavy atom. The number of aromatic nitrogens is 3. The minimum Gasteiger partial charge on any atom is -0.369 e. The van der Waals surface area contributed by atoms with Crippen LogP contribution in [-0.2, 0) is 0 Å². The van der Waals surface area contributed by atoms with Crippen LogP contribution in [0.5, 0.6) is 0 Å². The monoisotopic (exact) mass is 500 g/mol. The zero-order chi connectivity index (χ0) is 20.3. The number of H-pyrrole nitrogens is 1. The number of aromatic amines is 1. The van der Waals surface area contributed by atoms with Gasteiger partial charge in [0.15, 0.2) is 17.5 Å². The molecule has 2 heterocycles. The van der Waals surface area contributed by atoms with Crippen LogP contribution in [0.4, 0.5) is 19.0 Å². The molecule has 146 valence electrons. The number of halogens is 4. The highest BCUT2D eigenvalue weighted by molar-refractivity contribution is 14.1. The van der Waals surface area contributed by atoms with Gasteiger partial charge in [-0.2, -0.15) is 0 Å². The van der Waals surface area contributed by atoms with E-state index in [2.05, 4.69) is 42.9 Å². The van der Waals surface area contributed by atoms with Gasteiger partial charge in [0.05, 0.1) is 5.56 Å². The van der Waals surface area contributed by atoms with Gasteiger partial charge < -0.3 is 10.3 Å². The van der Waals surface area contributed by atoms with Crippen molar-refractivity contribution < 1.29 is 13.2 Å². The van der Waals surface area contributed by atoms with Crippen molar-refractivity contribution in [3.8, 4) is 11.4 Å². The Morgan fingerprint density at radius 2 is 1.86 bits per heavy atom. The number of benzene rings is 1. The van der Waals surface area contributed by atoms with Crippen LogP contribution in [0.25, 0.3) is 11.4 Å². The van der Waals surface area contributed by atoms with Gasteiger partial charge >= 0.3 is 0 Å². The minimum atomic E-state index is -1.27. The van der Waals surface area contributed by atoms with Crippen molar-refractivity contribution >= 4 is 28.4 Å². The maximum absolute atomic E-state index is 14.1. The lowest BCUT2D eigenvalue weighted by Crippen LogP contribution is -2.17. The van der Waals surface area contributed by atoms with E-state index in [1.165, 1.54) is 0 Å². The van der Waals surface area contributed by atoms with Crippen LogP contribution in [0.1, 0.15) is 17.2 Å². The summed E-state index contributed by atoms with van der Waals surface area (Å²) in [6.07, 6.45) is 1.59. The van der Waals surface area contributed by atoms with E-state index in [9.17, 15) is 18.0 Å². The van der Waals surface area contributed by atoms with Crippen molar-refractivity contribution in [2.75, 3.05) is 16.3 Å². The van der Waals surface area contributed by atoms with Crippen molar-refractivity contribution in [2.24, 2.45) is 0 Å². The number of aryl methyl sites for hydroxylation is 1. The van der Waals surface area contributed by atoms with Crippen LogP contribution in [0.2, 0.25) is 0 Å². The number of hydrogen-bond acceptors (Lipinski definition) is 4. The van der Waals surface area contributed by atoms with Crippen molar-refractivity contribution in [1.29, 1.82) is 0 Å². The molecule has 0 saturated heterocycles. The third-order valence-corrected chi connectivity index (χ3v) is 5.15. The van der Waals surface area contributed by atoms with E-state index < -0.39 is 17.5 Å². The number of anilines is 1. The molecule has 1 aromatic carbocycles. The van der Waals surface area contributed by atoms with Gasteiger partial charge in [-0.1, -0.05) is 22.6 Å². The molecule has 3 aromatic rings. The van der Waals surface area contributed by atoms with E-state index in [1.807, 2.05) is 6.07 Å². The van der Waals surface area contributed by atoms with Crippen LogP contribution in [0, 0.1) is 24.4 Å². The molecule has 9 heteroatoms. The topological polar surface area (TPSA) is 70.7 Å². The summed E-state index contributed by atoms with van der Waals surface area (Å²) in [6, 6.07) is 6.26. The second-order valence-electron chi connectivity index (χ2n) is 6.18.